The van der Waals surface area contributed by atoms with E-state index in [1.807, 2.05) is 24.3 Å². The zero-order valence-electron chi connectivity index (χ0n) is 10.3. The normalized spacial score (nSPS) is 10.7. The van der Waals surface area contributed by atoms with Crippen molar-refractivity contribution < 1.29 is 4.79 Å². The Morgan fingerprint density at radius 1 is 1.25 bits per heavy atom. The molecule has 2 aromatic heterocycles. The lowest BCUT2D eigenvalue weighted by atomic mass is 10.2. The van der Waals surface area contributed by atoms with E-state index in [0.29, 0.717) is 4.88 Å². The Morgan fingerprint density at radius 3 is 2.70 bits per heavy atom. The fraction of sp³-hybridized carbons (Fsp3) is 0. The predicted molar refractivity (Wildman–Crippen MR) is 85.6 cm³/mol. The molecule has 1 amide bonds. The van der Waals surface area contributed by atoms with Gasteiger partial charge in [0.25, 0.3) is 5.91 Å². The maximum absolute atomic E-state index is 11.3. The number of benzene rings is 1. The molecule has 100 valence electrons. The largest absolute Gasteiger partial charge is 0.365 e. The Kier molecular flexibility index (Phi) is 3.42. The number of carbonyl (C=O) groups is 1. The molecule has 3 rings (SSSR count). The molecule has 6 heteroatoms. The van der Waals surface area contributed by atoms with Crippen LogP contribution < -0.4 is 11.1 Å². The van der Waals surface area contributed by atoms with Crippen molar-refractivity contribution >= 4 is 54.6 Å². The Morgan fingerprint density at radius 2 is 2.00 bits per heavy atom. The van der Waals surface area contributed by atoms with Crippen LogP contribution in [0.25, 0.3) is 10.1 Å². The van der Waals surface area contributed by atoms with Crippen LogP contribution in [0, 0.1) is 0 Å². The monoisotopic (exact) mass is 347 g/mol. The molecule has 0 radical (unpaired) electrons. The van der Waals surface area contributed by atoms with E-state index in [2.05, 4.69) is 26.2 Å². The number of aromatic nitrogens is 1. The second-order valence-electron chi connectivity index (χ2n) is 4.21. The van der Waals surface area contributed by atoms with Crippen LogP contribution in [0.4, 0.5) is 11.4 Å². The molecule has 0 aliphatic rings. The molecule has 0 aliphatic heterocycles. The van der Waals surface area contributed by atoms with Crippen LogP contribution in [0.5, 0.6) is 0 Å². The van der Waals surface area contributed by atoms with Crippen molar-refractivity contribution in [2.75, 3.05) is 5.32 Å². The Hall–Kier alpha value is -1.92. The molecule has 0 saturated heterocycles. The lowest BCUT2D eigenvalue weighted by Gasteiger charge is -2.07. The van der Waals surface area contributed by atoms with Crippen LogP contribution in [0.15, 0.2) is 47.2 Å². The molecule has 0 aliphatic carbocycles. The summed E-state index contributed by atoms with van der Waals surface area (Å²) in [5.41, 5.74) is 7.13. The minimum atomic E-state index is -0.416. The molecule has 0 atom stereocenters. The summed E-state index contributed by atoms with van der Waals surface area (Å²) in [5.74, 6) is -0.416. The molecular formula is C14H10BrN3OS. The van der Waals surface area contributed by atoms with Crippen LogP contribution in [0.2, 0.25) is 0 Å². The van der Waals surface area contributed by atoms with Crippen molar-refractivity contribution in [3.63, 3.8) is 0 Å². The molecule has 0 unspecified atom stereocenters. The molecule has 1 aromatic carbocycles. The molecule has 2 heterocycles. The zero-order valence-corrected chi connectivity index (χ0v) is 12.7. The van der Waals surface area contributed by atoms with Crippen molar-refractivity contribution in [1.29, 1.82) is 0 Å². The number of nitrogens with one attached hydrogen (secondary N) is 1. The van der Waals surface area contributed by atoms with Crippen LogP contribution in [-0.2, 0) is 0 Å². The van der Waals surface area contributed by atoms with E-state index in [1.165, 1.54) is 11.3 Å². The molecule has 3 aromatic rings. The highest BCUT2D eigenvalue weighted by atomic mass is 79.9. The number of hydrogen-bond acceptors (Lipinski definition) is 4. The number of primary amides is 1. The Labute approximate surface area is 127 Å². The summed E-state index contributed by atoms with van der Waals surface area (Å²) in [6.07, 6.45) is 3.47. The number of hydrogen-bond donors (Lipinski definition) is 2. The van der Waals surface area contributed by atoms with Gasteiger partial charge in [-0.15, -0.1) is 11.3 Å². The third-order valence-corrected chi connectivity index (χ3v) is 4.43. The summed E-state index contributed by atoms with van der Waals surface area (Å²) < 4.78 is 1.95. The average molecular weight is 348 g/mol. The number of rotatable bonds is 3. The number of nitrogens with two attached hydrogens (primary N) is 1. The lowest BCUT2D eigenvalue weighted by Crippen LogP contribution is -2.08. The highest BCUT2D eigenvalue weighted by molar-refractivity contribution is 9.10. The summed E-state index contributed by atoms with van der Waals surface area (Å²) in [6, 6.07) is 9.64. The Bertz CT molecular complexity index is 783. The van der Waals surface area contributed by atoms with E-state index in [0.717, 1.165) is 25.9 Å². The van der Waals surface area contributed by atoms with E-state index in [4.69, 9.17) is 5.73 Å². The maximum atomic E-state index is 11.3. The van der Waals surface area contributed by atoms with Gasteiger partial charge in [-0.2, -0.15) is 0 Å². The second-order valence-corrected chi connectivity index (χ2v) is 6.21. The number of amides is 1. The number of fused-ring (bicyclic) bond motifs is 1. The quantitative estimate of drug-likeness (QED) is 0.754. The first kappa shape index (κ1) is 13.1. The van der Waals surface area contributed by atoms with Gasteiger partial charge in [0.05, 0.1) is 21.5 Å². The van der Waals surface area contributed by atoms with E-state index >= 15 is 0 Å². The zero-order chi connectivity index (χ0) is 14.1. The lowest BCUT2D eigenvalue weighted by molar-refractivity contribution is 0.100. The molecule has 0 bridgehead atoms. The number of nitrogens with zero attached hydrogens (tertiary/aromatic N) is 1. The van der Waals surface area contributed by atoms with E-state index in [1.54, 1.807) is 18.5 Å². The van der Waals surface area contributed by atoms with Gasteiger partial charge in [0.1, 0.15) is 0 Å². The van der Waals surface area contributed by atoms with Crippen LogP contribution in [0.1, 0.15) is 9.67 Å². The number of thiophene rings is 1. The number of carbonyl (C=O) groups excluding carboxylic acids is 1. The molecule has 0 fully saturated rings. The maximum Gasteiger partial charge on any atom is 0.258 e. The van der Waals surface area contributed by atoms with Gasteiger partial charge in [-0.25, -0.2) is 0 Å². The summed E-state index contributed by atoms with van der Waals surface area (Å²) in [4.78, 5) is 16.0. The minimum Gasteiger partial charge on any atom is -0.365 e. The SMILES string of the molecule is NC(=O)c1cc2c(Nc3ccc(Br)cc3)cncc2s1. The Balaban J connectivity index is 2.02. The van der Waals surface area contributed by atoms with Crippen LogP contribution >= 0.6 is 27.3 Å². The van der Waals surface area contributed by atoms with Gasteiger partial charge in [0.15, 0.2) is 0 Å². The summed E-state index contributed by atoms with van der Waals surface area (Å²) in [7, 11) is 0. The fourth-order valence-corrected chi connectivity index (χ4v) is 3.04. The van der Waals surface area contributed by atoms with Gasteiger partial charge < -0.3 is 11.1 Å². The third kappa shape index (κ3) is 2.52. The summed E-state index contributed by atoms with van der Waals surface area (Å²) in [5, 5.41) is 4.24. The van der Waals surface area contributed by atoms with Crippen LogP contribution in [-0.4, -0.2) is 10.9 Å². The van der Waals surface area contributed by atoms with Gasteiger partial charge in [-0.1, -0.05) is 15.9 Å². The van der Waals surface area contributed by atoms with Crippen molar-refractivity contribution in [2.45, 2.75) is 0 Å². The number of pyridine rings is 1. The van der Waals surface area contributed by atoms with E-state index in [-0.39, 0.29) is 0 Å². The molecule has 20 heavy (non-hydrogen) atoms. The van der Waals surface area contributed by atoms with Gasteiger partial charge >= 0.3 is 0 Å². The molecule has 3 N–H and O–H groups in total. The summed E-state index contributed by atoms with van der Waals surface area (Å²) >= 11 is 4.75. The number of halogens is 1. The molecular weight excluding hydrogens is 338 g/mol. The highest BCUT2D eigenvalue weighted by Gasteiger charge is 2.10. The minimum absolute atomic E-state index is 0.416. The van der Waals surface area contributed by atoms with E-state index < -0.39 is 5.91 Å². The average Bonchev–Trinajstić information content (AvgIpc) is 2.87. The van der Waals surface area contributed by atoms with Crippen LogP contribution in [0.3, 0.4) is 0 Å². The first-order valence-corrected chi connectivity index (χ1v) is 7.44. The molecule has 4 nitrogen and oxygen atoms in total. The van der Waals surface area contributed by atoms with Gasteiger partial charge in [0.2, 0.25) is 0 Å². The molecule has 0 saturated carbocycles. The van der Waals surface area contributed by atoms with Crippen molar-refractivity contribution in [1.82, 2.24) is 4.98 Å². The number of anilines is 2. The van der Waals surface area contributed by atoms with Gasteiger partial charge in [0, 0.05) is 21.7 Å². The first-order chi connectivity index (χ1) is 9.63. The molecule has 0 spiro atoms. The van der Waals surface area contributed by atoms with Crippen molar-refractivity contribution in [3.05, 3.63) is 52.1 Å². The van der Waals surface area contributed by atoms with Crippen molar-refractivity contribution in [2.24, 2.45) is 5.73 Å². The highest BCUT2D eigenvalue weighted by Crippen LogP contribution is 2.32. The fourth-order valence-electron chi connectivity index (χ4n) is 1.87. The first-order valence-electron chi connectivity index (χ1n) is 5.83. The summed E-state index contributed by atoms with van der Waals surface area (Å²) in [6.45, 7) is 0. The third-order valence-electron chi connectivity index (χ3n) is 2.81. The van der Waals surface area contributed by atoms with Crippen molar-refractivity contribution in [3.8, 4) is 0 Å². The second kappa shape index (κ2) is 5.22. The van der Waals surface area contributed by atoms with Gasteiger partial charge in [-0.05, 0) is 30.3 Å². The topological polar surface area (TPSA) is 68.0 Å². The van der Waals surface area contributed by atoms with Gasteiger partial charge in [-0.3, -0.25) is 9.78 Å². The standard InChI is InChI=1S/C14H10BrN3OS/c15-8-1-3-9(4-2-8)18-11-6-17-7-13-10(11)5-12(20-13)14(16)19/h1-7,18H,(H2,16,19). The van der Waals surface area contributed by atoms with E-state index in [9.17, 15) is 4.79 Å². The predicted octanol–water partition coefficient (Wildman–Crippen LogP) is 3.90. The smallest absolute Gasteiger partial charge is 0.258 e.